The predicted molar refractivity (Wildman–Crippen MR) is 107 cm³/mol. The third-order valence-electron chi connectivity index (χ3n) is 3.64. The molecule has 0 aliphatic carbocycles. The molecule has 2 rings (SSSR count). The van der Waals surface area contributed by atoms with Gasteiger partial charge in [-0.15, -0.1) is 35.6 Å². The maximum absolute atomic E-state index is 12.3. The molecule has 0 unspecified atom stereocenters. The number of carbonyl (C=O) groups is 1. The third-order valence-corrected chi connectivity index (χ3v) is 3.98. The van der Waals surface area contributed by atoms with E-state index in [9.17, 15) is 4.79 Å². The highest BCUT2D eigenvalue weighted by molar-refractivity contribution is 6.18. The largest absolute Gasteiger partial charge is 0.497 e. The van der Waals surface area contributed by atoms with Crippen molar-refractivity contribution in [2.75, 3.05) is 43.8 Å². The molecule has 0 aliphatic heterocycles. The normalized spacial score (nSPS) is 10.6. The van der Waals surface area contributed by atoms with E-state index in [1.165, 1.54) is 0 Å². The summed E-state index contributed by atoms with van der Waals surface area (Å²) in [7, 11) is 1.60. The van der Waals surface area contributed by atoms with Gasteiger partial charge in [0.25, 0.3) is 0 Å². The van der Waals surface area contributed by atoms with Crippen LogP contribution in [0.1, 0.15) is 6.42 Å². The minimum atomic E-state index is -0.0793. The van der Waals surface area contributed by atoms with E-state index in [0.29, 0.717) is 49.3 Å². The van der Waals surface area contributed by atoms with Crippen LogP contribution in [-0.2, 0) is 4.79 Å². The highest BCUT2D eigenvalue weighted by Gasteiger charge is 2.11. The van der Waals surface area contributed by atoms with E-state index in [4.69, 9.17) is 27.9 Å². The van der Waals surface area contributed by atoms with Crippen LogP contribution in [0.2, 0.25) is 0 Å². The van der Waals surface area contributed by atoms with Crippen LogP contribution >= 0.6 is 35.6 Å². The topological polar surface area (TPSA) is 54.5 Å². The number of rotatable bonds is 9. The molecule has 1 aromatic heterocycles. The molecule has 0 radical (unpaired) electrons. The van der Waals surface area contributed by atoms with Gasteiger partial charge in [-0.25, -0.2) is 0 Å². The molecule has 0 fully saturated rings. The van der Waals surface area contributed by atoms with Crippen LogP contribution in [0.15, 0.2) is 30.5 Å². The average Bonchev–Trinajstić information content (AvgIpc) is 2.60. The number of ether oxygens (including phenoxy) is 1. The number of pyridine rings is 1. The molecule has 0 saturated heterocycles. The van der Waals surface area contributed by atoms with Crippen LogP contribution in [0.4, 0.5) is 5.69 Å². The maximum atomic E-state index is 12.3. The number of nitrogens with one attached hydrogen (secondary N) is 1. The number of benzene rings is 1. The Morgan fingerprint density at radius 2 is 1.96 bits per heavy atom. The van der Waals surface area contributed by atoms with Gasteiger partial charge in [-0.3, -0.25) is 9.78 Å². The Hall–Kier alpha value is -1.27. The number of carbonyl (C=O) groups excluding carboxylic acids is 1. The second kappa shape index (κ2) is 11.4. The third kappa shape index (κ3) is 6.51. The standard InChI is InChI=1S/C17H21Cl2N3O2.ClH/c1-24-14-11-13-3-2-7-20-17(13)15(12-14)21-16(23)4-8-22(9-5-18)10-6-19;/h2-3,7,11-12H,4-6,8-10H2,1H3,(H,21,23);1H. The molecule has 1 N–H and O–H groups in total. The number of alkyl halides is 2. The lowest BCUT2D eigenvalue weighted by molar-refractivity contribution is -0.116. The van der Waals surface area contributed by atoms with Crippen molar-refractivity contribution in [1.82, 2.24) is 9.88 Å². The summed E-state index contributed by atoms with van der Waals surface area (Å²) in [4.78, 5) is 18.7. The molecular formula is C17H22Cl3N3O2. The zero-order valence-corrected chi connectivity index (χ0v) is 16.3. The Bertz CT molecular complexity index is 679. The lowest BCUT2D eigenvalue weighted by Gasteiger charge is -2.19. The lowest BCUT2D eigenvalue weighted by Crippen LogP contribution is -2.31. The maximum Gasteiger partial charge on any atom is 0.225 e. The van der Waals surface area contributed by atoms with Crippen molar-refractivity contribution >= 4 is 58.1 Å². The fourth-order valence-corrected chi connectivity index (χ4v) is 2.90. The van der Waals surface area contributed by atoms with Crippen molar-refractivity contribution in [3.8, 4) is 5.75 Å². The van der Waals surface area contributed by atoms with Gasteiger partial charge in [0.15, 0.2) is 0 Å². The van der Waals surface area contributed by atoms with E-state index < -0.39 is 0 Å². The molecule has 2 aromatic rings. The van der Waals surface area contributed by atoms with Crippen molar-refractivity contribution < 1.29 is 9.53 Å². The lowest BCUT2D eigenvalue weighted by atomic mass is 10.1. The number of amides is 1. The number of fused-ring (bicyclic) bond motifs is 1. The summed E-state index contributed by atoms with van der Waals surface area (Å²) >= 11 is 11.5. The highest BCUT2D eigenvalue weighted by atomic mass is 35.5. The highest BCUT2D eigenvalue weighted by Crippen LogP contribution is 2.27. The SMILES string of the molecule is COc1cc(NC(=O)CCN(CCCl)CCCl)c2ncccc2c1.Cl. The van der Waals surface area contributed by atoms with Gasteiger partial charge in [-0.05, 0) is 12.1 Å². The van der Waals surface area contributed by atoms with E-state index in [1.54, 1.807) is 19.4 Å². The molecule has 1 heterocycles. The predicted octanol–water partition coefficient (Wildman–Crippen LogP) is 3.77. The van der Waals surface area contributed by atoms with Crippen LogP contribution < -0.4 is 10.1 Å². The first-order valence-corrected chi connectivity index (χ1v) is 8.81. The minimum absolute atomic E-state index is 0. The Morgan fingerprint density at radius 3 is 2.60 bits per heavy atom. The second-order valence-corrected chi connectivity index (χ2v) is 6.02. The fourth-order valence-electron chi connectivity index (χ4n) is 2.42. The first-order valence-electron chi connectivity index (χ1n) is 7.75. The molecule has 0 spiro atoms. The van der Waals surface area contributed by atoms with E-state index in [2.05, 4.69) is 15.2 Å². The number of methoxy groups -OCH3 is 1. The number of halogens is 3. The molecule has 25 heavy (non-hydrogen) atoms. The van der Waals surface area contributed by atoms with Crippen molar-refractivity contribution in [2.24, 2.45) is 0 Å². The summed E-state index contributed by atoms with van der Waals surface area (Å²) in [5.41, 5.74) is 1.39. The molecule has 0 bridgehead atoms. The summed E-state index contributed by atoms with van der Waals surface area (Å²) in [5, 5.41) is 3.84. The zero-order valence-electron chi connectivity index (χ0n) is 14.0. The quantitative estimate of drug-likeness (QED) is 0.644. The van der Waals surface area contributed by atoms with E-state index in [0.717, 1.165) is 10.9 Å². The number of anilines is 1. The molecule has 138 valence electrons. The monoisotopic (exact) mass is 405 g/mol. The Balaban J connectivity index is 0.00000312. The van der Waals surface area contributed by atoms with Crippen LogP contribution in [-0.4, -0.2) is 54.3 Å². The molecule has 5 nitrogen and oxygen atoms in total. The van der Waals surface area contributed by atoms with Crippen molar-refractivity contribution in [3.05, 3.63) is 30.5 Å². The van der Waals surface area contributed by atoms with Gasteiger partial charge in [-0.1, -0.05) is 6.07 Å². The summed E-state index contributed by atoms with van der Waals surface area (Å²) < 4.78 is 5.29. The van der Waals surface area contributed by atoms with Crippen LogP contribution in [0.3, 0.4) is 0 Å². The van der Waals surface area contributed by atoms with E-state index >= 15 is 0 Å². The Labute approximate surface area is 164 Å². The summed E-state index contributed by atoms with van der Waals surface area (Å²) in [6.45, 7) is 2.04. The van der Waals surface area contributed by atoms with Crippen LogP contribution in [0.5, 0.6) is 5.75 Å². The van der Waals surface area contributed by atoms with Gasteiger partial charge in [0.05, 0.1) is 18.3 Å². The number of hydrogen-bond acceptors (Lipinski definition) is 4. The van der Waals surface area contributed by atoms with E-state index in [-0.39, 0.29) is 18.3 Å². The Kier molecular flexibility index (Phi) is 9.90. The van der Waals surface area contributed by atoms with Gasteiger partial charge in [0.2, 0.25) is 5.91 Å². The van der Waals surface area contributed by atoms with Crippen molar-refractivity contribution in [3.63, 3.8) is 0 Å². The zero-order chi connectivity index (χ0) is 17.4. The second-order valence-electron chi connectivity index (χ2n) is 5.27. The molecule has 0 aliphatic rings. The number of nitrogens with zero attached hydrogens (tertiary/aromatic N) is 2. The van der Waals surface area contributed by atoms with Gasteiger partial charge in [0.1, 0.15) is 5.75 Å². The summed E-state index contributed by atoms with van der Waals surface area (Å²) in [5.74, 6) is 1.63. The molecule has 0 atom stereocenters. The minimum Gasteiger partial charge on any atom is -0.497 e. The van der Waals surface area contributed by atoms with Gasteiger partial charge in [0, 0.05) is 55.5 Å². The molecule has 1 amide bonds. The van der Waals surface area contributed by atoms with Crippen LogP contribution in [0.25, 0.3) is 10.9 Å². The fraction of sp³-hybridized carbons (Fsp3) is 0.412. The first kappa shape index (κ1) is 21.8. The summed E-state index contributed by atoms with van der Waals surface area (Å²) in [6.07, 6.45) is 2.06. The van der Waals surface area contributed by atoms with Crippen LogP contribution in [0, 0.1) is 0 Å². The van der Waals surface area contributed by atoms with Gasteiger partial charge >= 0.3 is 0 Å². The van der Waals surface area contributed by atoms with Crippen molar-refractivity contribution in [1.29, 1.82) is 0 Å². The van der Waals surface area contributed by atoms with E-state index in [1.807, 2.05) is 18.2 Å². The molecule has 0 saturated carbocycles. The van der Waals surface area contributed by atoms with Crippen molar-refractivity contribution in [2.45, 2.75) is 6.42 Å². The molecular weight excluding hydrogens is 385 g/mol. The Morgan fingerprint density at radius 1 is 1.24 bits per heavy atom. The van der Waals surface area contributed by atoms with Gasteiger partial charge in [-0.2, -0.15) is 0 Å². The number of hydrogen-bond donors (Lipinski definition) is 1. The molecule has 8 heteroatoms. The molecule has 1 aromatic carbocycles. The summed E-state index contributed by atoms with van der Waals surface area (Å²) in [6, 6.07) is 7.45. The number of aromatic nitrogens is 1. The van der Waals surface area contributed by atoms with Gasteiger partial charge < -0.3 is 15.0 Å². The average molecular weight is 407 g/mol. The smallest absolute Gasteiger partial charge is 0.225 e. The first-order chi connectivity index (χ1) is 11.7.